The predicted molar refractivity (Wildman–Crippen MR) is 82.3 cm³/mol. The van der Waals surface area contributed by atoms with Crippen LogP contribution in [0.15, 0.2) is 28.7 Å². The van der Waals surface area contributed by atoms with Crippen molar-refractivity contribution in [3.63, 3.8) is 0 Å². The standard InChI is InChI=1S/C13H13F3N4O2S/c1-21-10-4-8(2-3-9(10)22-7-13(14,15)16)5-18-20-12-19-11(17)6-23-12/h2-6H,7,17H2,1H3,(H,19,20). The Morgan fingerprint density at radius 2 is 2.17 bits per heavy atom. The molecule has 1 heterocycles. The van der Waals surface area contributed by atoms with E-state index in [0.29, 0.717) is 16.5 Å². The third kappa shape index (κ3) is 5.33. The lowest BCUT2D eigenvalue weighted by atomic mass is 10.2. The van der Waals surface area contributed by atoms with Crippen molar-refractivity contribution in [2.45, 2.75) is 6.18 Å². The highest BCUT2D eigenvalue weighted by Crippen LogP contribution is 2.29. The normalized spacial score (nSPS) is 11.7. The van der Waals surface area contributed by atoms with Crippen LogP contribution in [0.4, 0.5) is 24.1 Å². The van der Waals surface area contributed by atoms with Gasteiger partial charge in [0.2, 0.25) is 5.13 Å². The van der Waals surface area contributed by atoms with E-state index in [9.17, 15) is 13.2 Å². The van der Waals surface area contributed by atoms with Gasteiger partial charge in [0.25, 0.3) is 0 Å². The van der Waals surface area contributed by atoms with Crippen LogP contribution in [-0.4, -0.2) is 31.1 Å². The molecular weight excluding hydrogens is 333 g/mol. The molecule has 0 aliphatic carbocycles. The van der Waals surface area contributed by atoms with E-state index in [1.165, 1.54) is 36.8 Å². The molecule has 0 saturated carbocycles. The molecule has 0 aliphatic heterocycles. The van der Waals surface area contributed by atoms with Gasteiger partial charge >= 0.3 is 6.18 Å². The number of halogens is 3. The molecule has 6 nitrogen and oxygen atoms in total. The topological polar surface area (TPSA) is 81.8 Å². The van der Waals surface area contributed by atoms with Crippen molar-refractivity contribution in [3.8, 4) is 11.5 Å². The lowest BCUT2D eigenvalue weighted by Crippen LogP contribution is -2.19. The number of anilines is 2. The molecule has 3 N–H and O–H groups in total. The number of thiazole rings is 1. The van der Waals surface area contributed by atoms with E-state index in [4.69, 9.17) is 15.2 Å². The first-order valence-electron chi connectivity index (χ1n) is 6.25. The molecule has 0 fully saturated rings. The minimum atomic E-state index is -4.41. The molecule has 2 aromatic rings. The van der Waals surface area contributed by atoms with Crippen molar-refractivity contribution in [1.29, 1.82) is 0 Å². The van der Waals surface area contributed by atoms with Crippen molar-refractivity contribution in [2.75, 3.05) is 24.9 Å². The molecule has 1 aromatic carbocycles. The average Bonchev–Trinajstić information content (AvgIpc) is 2.90. The number of rotatable bonds is 6. The van der Waals surface area contributed by atoms with E-state index < -0.39 is 12.8 Å². The average molecular weight is 346 g/mol. The largest absolute Gasteiger partial charge is 0.493 e. The van der Waals surface area contributed by atoms with Gasteiger partial charge in [-0.1, -0.05) is 0 Å². The fourth-order valence-corrected chi connectivity index (χ4v) is 2.09. The van der Waals surface area contributed by atoms with Crippen LogP contribution in [0, 0.1) is 0 Å². The SMILES string of the molecule is COc1cc(C=NNc2nc(N)cs2)ccc1OCC(F)(F)F. The second-order valence-electron chi connectivity index (χ2n) is 4.26. The number of hydrogen-bond donors (Lipinski definition) is 2. The summed E-state index contributed by atoms with van der Waals surface area (Å²) >= 11 is 1.29. The molecule has 0 unspecified atom stereocenters. The van der Waals surface area contributed by atoms with Crippen LogP contribution in [-0.2, 0) is 0 Å². The second kappa shape index (κ2) is 7.18. The highest BCUT2D eigenvalue weighted by atomic mass is 32.1. The number of nitrogens with zero attached hydrogens (tertiary/aromatic N) is 2. The number of hydrogen-bond acceptors (Lipinski definition) is 7. The zero-order valence-corrected chi connectivity index (χ0v) is 12.7. The molecule has 1 aromatic heterocycles. The lowest BCUT2D eigenvalue weighted by molar-refractivity contribution is -0.153. The van der Waals surface area contributed by atoms with Crippen LogP contribution in [0.3, 0.4) is 0 Å². The molecule has 0 bridgehead atoms. The Bertz CT molecular complexity index is 688. The summed E-state index contributed by atoms with van der Waals surface area (Å²) in [6.07, 6.45) is -2.95. The quantitative estimate of drug-likeness (QED) is 0.620. The molecule has 0 spiro atoms. The Labute approximate surface area is 133 Å². The van der Waals surface area contributed by atoms with Crippen LogP contribution >= 0.6 is 11.3 Å². The monoisotopic (exact) mass is 346 g/mol. The minimum Gasteiger partial charge on any atom is -0.493 e. The van der Waals surface area contributed by atoms with Gasteiger partial charge in [0.1, 0.15) is 5.82 Å². The number of ether oxygens (including phenoxy) is 2. The first-order valence-corrected chi connectivity index (χ1v) is 7.13. The van der Waals surface area contributed by atoms with Crippen LogP contribution in [0.5, 0.6) is 11.5 Å². The maximum Gasteiger partial charge on any atom is 0.422 e. The fraction of sp³-hybridized carbons (Fsp3) is 0.231. The van der Waals surface area contributed by atoms with Crippen LogP contribution < -0.4 is 20.6 Å². The van der Waals surface area contributed by atoms with E-state index in [2.05, 4.69) is 15.5 Å². The van der Waals surface area contributed by atoms with Gasteiger partial charge < -0.3 is 15.2 Å². The Morgan fingerprint density at radius 3 is 2.78 bits per heavy atom. The number of benzene rings is 1. The smallest absolute Gasteiger partial charge is 0.422 e. The predicted octanol–water partition coefficient (Wildman–Crippen LogP) is 3.12. The lowest BCUT2D eigenvalue weighted by Gasteiger charge is -2.12. The molecule has 23 heavy (non-hydrogen) atoms. The summed E-state index contributed by atoms with van der Waals surface area (Å²) in [5.74, 6) is 0.569. The summed E-state index contributed by atoms with van der Waals surface area (Å²) in [6, 6.07) is 4.44. The fourth-order valence-electron chi connectivity index (χ4n) is 1.54. The van der Waals surface area contributed by atoms with E-state index >= 15 is 0 Å². The Kier molecular flexibility index (Phi) is 5.27. The first-order chi connectivity index (χ1) is 10.9. The summed E-state index contributed by atoms with van der Waals surface area (Å²) in [7, 11) is 1.34. The number of hydrazone groups is 1. The van der Waals surface area contributed by atoms with Gasteiger partial charge in [0.15, 0.2) is 18.1 Å². The van der Waals surface area contributed by atoms with Crippen molar-refractivity contribution in [1.82, 2.24) is 4.98 Å². The van der Waals surface area contributed by atoms with E-state index in [1.54, 1.807) is 11.4 Å². The van der Waals surface area contributed by atoms with Gasteiger partial charge in [-0.05, 0) is 23.8 Å². The highest BCUT2D eigenvalue weighted by Gasteiger charge is 2.28. The number of nitrogen functional groups attached to an aromatic ring is 1. The van der Waals surface area contributed by atoms with Crippen molar-refractivity contribution >= 4 is 28.5 Å². The summed E-state index contributed by atoms with van der Waals surface area (Å²) in [4.78, 5) is 3.96. The Balaban J connectivity index is 2.03. The molecule has 0 radical (unpaired) electrons. The molecule has 2 rings (SSSR count). The Morgan fingerprint density at radius 1 is 1.39 bits per heavy atom. The third-order valence-corrected chi connectivity index (χ3v) is 3.24. The molecule has 10 heteroatoms. The minimum absolute atomic E-state index is 0.00244. The van der Waals surface area contributed by atoms with Gasteiger partial charge in [-0.15, -0.1) is 11.3 Å². The van der Waals surface area contributed by atoms with E-state index in [1.807, 2.05) is 0 Å². The number of methoxy groups -OCH3 is 1. The first kappa shape index (κ1) is 16.9. The number of nitrogens with two attached hydrogens (primary N) is 1. The molecular formula is C13H13F3N4O2S. The van der Waals surface area contributed by atoms with Crippen molar-refractivity contribution in [2.24, 2.45) is 5.10 Å². The van der Waals surface area contributed by atoms with Crippen molar-refractivity contribution in [3.05, 3.63) is 29.1 Å². The summed E-state index contributed by atoms with van der Waals surface area (Å²) < 4.78 is 46.2. The Hall–Kier alpha value is -2.49. The zero-order chi connectivity index (χ0) is 16.9. The van der Waals surface area contributed by atoms with Crippen LogP contribution in [0.2, 0.25) is 0 Å². The van der Waals surface area contributed by atoms with E-state index in [0.717, 1.165) is 0 Å². The third-order valence-electron chi connectivity index (χ3n) is 2.47. The highest BCUT2D eigenvalue weighted by molar-refractivity contribution is 7.14. The maximum atomic E-state index is 12.2. The van der Waals surface area contributed by atoms with Gasteiger partial charge in [0, 0.05) is 5.38 Å². The summed E-state index contributed by atoms with van der Waals surface area (Å²) in [5.41, 5.74) is 8.77. The zero-order valence-electron chi connectivity index (χ0n) is 11.9. The molecule has 0 saturated heterocycles. The maximum absolute atomic E-state index is 12.2. The number of nitrogens with one attached hydrogen (secondary N) is 1. The van der Waals surface area contributed by atoms with Gasteiger partial charge in [-0.3, -0.25) is 5.43 Å². The summed E-state index contributed by atoms with van der Waals surface area (Å²) in [5, 5.41) is 6.14. The van der Waals surface area contributed by atoms with Gasteiger partial charge in [0.05, 0.1) is 13.3 Å². The van der Waals surface area contributed by atoms with Crippen molar-refractivity contribution < 1.29 is 22.6 Å². The molecule has 124 valence electrons. The molecule has 0 atom stereocenters. The van der Waals surface area contributed by atoms with Crippen LogP contribution in [0.25, 0.3) is 0 Å². The van der Waals surface area contributed by atoms with Gasteiger partial charge in [-0.25, -0.2) is 4.98 Å². The van der Waals surface area contributed by atoms with Gasteiger partial charge in [-0.2, -0.15) is 18.3 Å². The summed E-state index contributed by atoms with van der Waals surface area (Å²) in [6.45, 7) is -1.39. The van der Waals surface area contributed by atoms with E-state index in [-0.39, 0.29) is 11.5 Å². The van der Waals surface area contributed by atoms with Crippen LogP contribution in [0.1, 0.15) is 5.56 Å². The second-order valence-corrected chi connectivity index (χ2v) is 5.12. The number of aromatic nitrogens is 1. The molecule has 0 aliphatic rings. The molecule has 0 amide bonds. The number of alkyl halides is 3.